The molecule has 2 aromatic rings. The molecule has 2 atom stereocenters. The molecule has 0 radical (unpaired) electrons. The first-order valence-corrected chi connectivity index (χ1v) is 8.61. The zero-order chi connectivity index (χ0) is 15.8. The van der Waals surface area contributed by atoms with Gasteiger partial charge in [0.25, 0.3) is 5.91 Å². The molecular weight excluding hydrogens is 308 g/mol. The van der Waals surface area contributed by atoms with Gasteiger partial charge in [-0.15, -0.1) is 11.8 Å². The van der Waals surface area contributed by atoms with Crippen molar-refractivity contribution >= 4 is 29.0 Å². The quantitative estimate of drug-likeness (QED) is 0.596. The standard InChI is InChI=1S/C17H18N4OS/c18-13-6-2-4-8-15(13)23-10-11-9-19-17-20-14-7-3-1-5-12(14)16(22)21(11)17/h1-8,11,17,19-20H,9-10,18H2. The molecular formula is C17H18N4OS. The smallest absolute Gasteiger partial charge is 0.258 e. The maximum absolute atomic E-state index is 12.8. The number of nitrogens with one attached hydrogen (secondary N) is 2. The number of anilines is 2. The van der Waals surface area contributed by atoms with E-state index in [0.29, 0.717) is 0 Å². The summed E-state index contributed by atoms with van der Waals surface area (Å²) in [4.78, 5) is 15.8. The Morgan fingerprint density at radius 2 is 1.96 bits per heavy atom. The molecule has 6 heteroatoms. The Kier molecular flexibility index (Phi) is 3.63. The molecule has 2 aromatic carbocycles. The molecule has 0 saturated carbocycles. The number of benzene rings is 2. The minimum atomic E-state index is -0.129. The number of amides is 1. The van der Waals surface area contributed by atoms with Crippen LogP contribution in [0.15, 0.2) is 53.4 Å². The minimum Gasteiger partial charge on any atom is -0.398 e. The molecule has 2 aliphatic heterocycles. The van der Waals surface area contributed by atoms with Crippen molar-refractivity contribution in [2.45, 2.75) is 17.2 Å². The van der Waals surface area contributed by atoms with E-state index in [4.69, 9.17) is 5.73 Å². The van der Waals surface area contributed by atoms with Crippen LogP contribution in [-0.2, 0) is 0 Å². The molecule has 0 bridgehead atoms. The van der Waals surface area contributed by atoms with Crippen LogP contribution >= 0.6 is 11.8 Å². The lowest BCUT2D eigenvalue weighted by Gasteiger charge is -2.35. The van der Waals surface area contributed by atoms with Gasteiger partial charge in [0.15, 0.2) is 6.29 Å². The van der Waals surface area contributed by atoms with Gasteiger partial charge in [0.2, 0.25) is 0 Å². The largest absolute Gasteiger partial charge is 0.398 e. The molecule has 4 N–H and O–H groups in total. The first-order valence-electron chi connectivity index (χ1n) is 7.63. The van der Waals surface area contributed by atoms with Crippen LogP contribution in [0.5, 0.6) is 0 Å². The molecule has 5 nitrogen and oxygen atoms in total. The van der Waals surface area contributed by atoms with E-state index in [1.165, 1.54) is 0 Å². The summed E-state index contributed by atoms with van der Waals surface area (Å²) in [6.07, 6.45) is -0.129. The van der Waals surface area contributed by atoms with E-state index in [0.717, 1.165) is 34.1 Å². The topological polar surface area (TPSA) is 70.4 Å². The van der Waals surface area contributed by atoms with Gasteiger partial charge in [-0.3, -0.25) is 10.1 Å². The van der Waals surface area contributed by atoms with Crippen molar-refractivity contribution in [1.82, 2.24) is 10.2 Å². The summed E-state index contributed by atoms with van der Waals surface area (Å²) in [6.45, 7) is 0.775. The molecule has 2 unspecified atom stereocenters. The normalized spacial score (nSPS) is 22.4. The second-order valence-electron chi connectivity index (χ2n) is 5.72. The third-order valence-electron chi connectivity index (χ3n) is 4.25. The minimum absolute atomic E-state index is 0.0842. The first-order chi connectivity index (χ1) is 11.2. The van der Waals surface area contributed by atoms with Gasteiger partial charge in [0.1, 0.15) is 0 Å². The highest BCUT2D eigenvalue weighted by Crippen LogP contribution is 2.31. The third-order valence-corrected chi connectivity index (χ3v) is 5.49. The Morgan fingerprint density at radius 1 is 1.17 bits per heavy atom. The second-order valence-corrected chi connectivity index (χ2v) is 6.78. The first kappa shape index (κ1) is 14.4. The second kappa shape index (κ2) is 5.79. The summed E-state index contributed by atoms with van der Waals surface area (Å²) in [5.41, 5.74) is 8.42. The molecule has 0 aromatic heterocycles. The van der Waals surface area contributed by atoms with E-state index in [9.17, 15) is 4.79 Å². The number of nitrogen functional groups attached to an aromatic ring is 1. The number of hydrogen-bond donors (Lipinski definition) is 3. The van der Waals surface area contributed by atoms with Gasteiger partial charge < -0.3 is 16.0 Å². The Labute approximate surface area is 139 Å². The van der Waals surface area contributed by atoms with Crippen LogP contribution in [0.3, 0.4) is 0 Å². The summed E-state index contributed by atoms with van der Waals surface area (Å²) in [5, 5.41) is 6.77. The van der Waals surface area contributed by atoms with E-state index >= 15 is 0 Å². The number of rotatable bonds is 3. The zero-order valence-electron chi connectivity index (χ0n) is 12.5. The van der Waals surface area contributed by atoms with E-state index in [1.807, 2.05) is 53.4 Å². The Balaban J connectivity index is 1.52. The van der Waals surface area contributed by atoms with Crippen LogP contribution in [-0.4, -0.2) is 35.4 Å². The molecule has 118 valence electrons. The van der Waals surface area contributed by atoms with Crippen molar-refractivity contribution in [3.63, 3.8) is 0 Å². The average molecular weight is 326 g/mol. The number of hydrogen-bond acceptors (Lipinski definition) is 5. The van der Waals surface area contributed by atoms with Gasteiger partial charge in [0, 0.05) is 28.6 Å². The molecule has 0 spiro atoms. The van der Waals surface area contributed by atoms with Crippen LogP contribution in [0.4, 0.5) is 11.4 Å². The fourth-order valence-electron chi connectivity index (χ4n) is 3.08. The lowest BCUT2D eigenvalue weighted by Crippen LogP contribution is -2.51. The van der Waals surface area contributed by atoms with Crippen molar-refractivity contribution in [2.24, 2.45) is 0 Å². The number of thioether (sulfide) groups is 1. The maximum atomic E-state index is 12.8. The predicted octanol–water partition coefficient (Wildman–Crippen LogP) is 2.18. The van der Waals surface area contributed by atoms with Crippen LogP contribution in [0.2, 0.25) is 0 Å². The van der Waals surface area contributed by atoms with Crippen LogP contribution in [0, 0.1) is 0 Å². The van der Waals surface area contributed by atoms with Crippen LogP contribution in [0.1, 0.15) is 10.4 Å². The monoisotopic (exact) mass is 326 g/mol. The SMILES string of the molecule is Nc1ccccc1SCC1CNC2Nc3ccccc3C(=O)N12. The average Bonchev–Trinajstić information content (AvgIpc) is 2.98. The van der Waals surface area contributed by atoms with Gasteiger partial charge in [-0.2, -0.15) is 0 Å². The molecule has 1 saturated heterocycles. The van der Waals surface area contributed by atoms with Gasteiger partial charge in [-0.25, -0.2) is 0 Å². The molecule has 23 heavy (non-hydrogen) atoms. The fraction of sp³-hybridized carbons (Fsp3) is 0.235. The number of carbonyl (C=O) groups is 1. The number of para-hydroxylation sites is 2. The molecule has 1 fully saturated rings. The van der Waals surface area contributed by atoms with E-state index in [-0.39, 0.29) is 18.2 Å². The molecule has 2 aliphatic rings. The van der Waals surface area contributed by atoms with Crippen molar-refractivity contribution in [3.05, 3.63) is 54.1 Å². The molecule has 1 amide bonds. The summed E-state index contributed by atoms with van der Waals surface area (Å²) in [5.74, 6) is 0.897. The van der Waals surface area contributed by atoms with Gasteiger partial charge in [-0.05, 0) is 24.3 Å². The summed E-state index contributed by atoms with van der Waals surface area (Å²) < 4.78 is 0. The third kappa shape index (κ3) is 2.54. The van der Waals surface area contributed by atoms with Gasteiger partial charge >= 0.3 is 0 Å². The van der Waals surface area contributed by atoms with Crippen molar-refractivity contribution < 1.29 is 4.79 Å². The van der Waals surface area contributed by atoms with Crippen molar-refractivity contribution in [1.29, 1.82) is 0 Å². The molecule has 2 heterocycles. The van der Waals surface area contributed by atoms with E-state index in [2.05, 4.69) is 10.6 Å². The molecule has 0 aliphatic carbocycles. The predicted molar refractivity (Wildman–Crippen MR) is 93.4 cm³/mol. The number of nitrogens with zero attached hydrogens (tertiary/aromatic N) is 1. The van der Waals surface area contributed by atoms with Crippen molar-refractivity contribution in [3.8, 4) is 0 Å². The highest BCUT2D eigenvalue weighted by molar-refractivity contribution is 7.99. The number of carbonyl (C=O) groups excluding carboxylic acids is 1. The molecule has 4 rings (SSSR count). The number of nitrogens with two attached hydrogens (primary N) is 1. The van der Waals surface area contributed by atoms with Crippen LogP contribution < -0.4 is 16.4 Å². The highest BCUT2D eigenvalue weighted by Gasteiger charge is 2.40. The highest BCUT2D eigenvalue weighted by atomic mass is 32.2. The van der Waals surface area contributed by atoms with Crippen molar-refractivity contribution in [2.75, 3.05) is 23.3 Å². The summed E-state index contributed by atoms with van der Waals surface area (Å²) in [6, 6.07) is 15.6. The van der Waals surface area contributed by atoms with E-state index in [1.54, 1.807) is 11.8 Å². The lowest BCUT2D eigenvalue weighted by atomic mass is 10.1. The zero-order valence-corrected chi connectivity index (χ0v) is 13.3. The Morgan fingerprint density at radius 3 is 2.83 bits per heavy atom. The summed E-state index contributed by atoms with van der Waals surface area (Å²) in [7, 11) is 0. The van der Waals surface area contributed by atoms with Crippen LogP contribution in [0.25, 0.3) is 0 Å². The van der Waals surface area contributed by atoms with Gasteiger partial charge in [-0.1, -0.05) is 24.3 Å². The van der Waals surface area contributed by atoms with Gasteiger partial charge in [0.05, 0.1) is 11.6 Å². The maximum Gasteiger partial charge on any atom is 0.258 e. The Hall–Kier alpha value is -2.18. The number of fused-ring (bicyclic) bond motifs is 2. The lowest BCUT2D eigenvalue weighted by molar-refractivity contribution is 0.0684. The van der Waals surface area contributed by atoms with E-state index < -0.39 is 0 Å². The Bertz CT molecular complexity index is 751. The fourth-order valence-corrected chi connectivity index (χ4v) is 4.14. The summed E-state index contributed by atoms with van der Waals surface area (Å²) >= 11 is 1.70.